The third-order valence-corrected chi connectivity index (χ3v) is 10.00. The summed E-state index contributed by atoms with van der Waals surface area (Å²) in [6.07, 6.45) is -1.08. The molecule has 2 fully saturated rings. The number of nitrogens with zero attached hydrogens (tertiary/aromatic N) is 6. The van der Waals surface area contributed by atoms with Crippen LogP contribution in [0.15, 0.2) is 24.5 Å². The lowest BCUT2D eigenvalue weighted by atomic mass is 10.1. The van der Waals surface area contributed by atoms with Gasteiger partial charge in [0.05, 0.1) is 36.9 Å². The number of ether oxygens (including phenoxy) is 2. The number of esters is 1. The van der Waals surface area contributed by atoms with Crippen LogP contribution in [-0.4, -0.2) is 95.3 Å². The molecule has 1 aromatic carbocycles. The third kappa shape index (κ3) is 8.54. The van der Waals surface area contributed by atoms with Crippen molar-refractivity contribution in [3.8, 4) is 11.3 Å². The average Bonchev–Trinajstić information content (AvgIpc) is 3.59. The van der Waals surface area contributed by atoms with Gasteiger partial charge in [-0.2, -0.15) is 17.6 Å². The molecule has 4 heterocycles. The summed E-state index contributed by atoms with van der Waals surface area (Å²) in [6.45, 7) is 9.04. The number of methoxy groups -OCH3 is 1. The molecule has 2 aliphatic heterocycles. The Labute approximate surface area is 286 Å². The van der Waals surface area contributed by atoms with Crippen LogP contribution in [-0.2, 0) is 27.0 Å². The highest BCUT2D eigenvalue weighted by molar-refractivity contribution is 7.16. The molecule has 1 N–H and O–H groups in total. The van der Waals surface area contributed by atoms with E-state index in [-0.39, 0.29) is 57.9 Å². The van der Waals surface area contributed by atoms with Gasteiger partial charge in [-0.3, -0.25) is 14.6 Å². The largest absolute Gasteiger partial charge is 0.466 e. The zero-order chi connectivity index (χ0) is 34.6. The van der Waals surface area contributed by atoms with Gasteiger partial charge < -0.3 is 19.7 Å². The van der Waals surface area contributed by atoms with Crippen LogP contribution in [0.4, 0.5) is 34.3 Å². The maximum absolute atomic E-state index is 16.1. The second-order valence-corrected chi connectivity index (χ2v) is 13.6. The van der Waals surface area contributed by atoms with E-state index < -0.39 is 17.6 Å². The van der Waals surface area contributed by atoms with Crippen molar-refractivity contribution in [3.05, 3.63) is 45.8 Å². The van der Waals surface area contributed by atoms with Crippen molar-refractivity contribution in [2.45, 2.75) is 70.9 Å². The molecular formula is C32H40ClF4N7O3S. The zero-order valence-corrected chi connectivity index (χ0v) is 28.9. The lowest BCUT2D eigenvalue weighted by Crippen LogP contribution is -2.55. The van der Waals surface area contributed by atoms with E-state index in [0.29, 0.717) is 51.6 Å². The molecule has 3 aromatic rings. The quantitative estimate of drug-likeness (QED) is 0.163. The first-order valence-electron chi connectivity index (χ1n) is 15.9. The minimum Gasteiger partial charge on any atom is -0.466 e. The number of halogens is 5. The molecule has 16 heteroatoms. The Hall–Kier alpha value is -3.11. The van der Waals surface area contributed by atoms with E-state index in [1.54, 1.807) is 14.0 Å². The fourth-order valence-corrected chi connectivity index (χ4v) is 7.55. The Kier molecular flexibility index (Phi) is 11.8. The molecule has 0 spiro atoms. The van der Waals surface area contributed by atoms with Crippen molar-refractivity contribution in [2.75, 3.05) is 56.7 Å². The summed E-state index contributed by atoms with van der Waals surface area (Å²) in [6, 6.07) is 3.83. The van der Waals surface area contributed by atoms with E-state index in [1.807, 2.05) is 4.90 Å². The van der Waals surface area contributed by atoms with Gasteiger partial charge in [-0.15, -0.1) is 0 Å². The van der Waals surface area contributed by atoms with E-state index in [0.717, 1.165) is 29.9 Å². The van der Waals surface area contributed by atoms with Gasteiger partial charge in [-0.1, -0.05) is 22.9 Å². The summed E-state index contributed by atoms with van der Waals surface area (Å²) in [7, 11) is 1.59. The molecule has 0 unspecified atom stereocenters. The van der Waals surface area contributed by atoms with Crippen LogP contribution in [0.3, 0.4) is 0 Å². The summed E-state index contributed by atoms with van der Waals surface area (Å²) in [5, 5.41) is 3.19. The van der Waals surface area contributed by atoms with Gasteiger partial charge in [0.15, 0.2) is 16.8 Å². The number of aromatic nitrogens is 3. The molecule has 5 rings (SSSR count). The number of piperazine rings is 1. The highest BCUT2D eigenvalue weighted by Gasteiger charge is 2.34. The number of hydrogen-bond donors (Lipinski definition) is 1. The standard InChI is InChI=1S/C32H40ClF4N7O3S/c1-5-47-26(45)8-9-42-10-11-43(15-24(42)17-46-4)30-27(34)29(38-18-39-30)41-31-40-28(21-12-22(32(35,36)37)14-23(33)13-21)25(48-31)16-44-19(2)6-7-20(44)3/h12-14,18-20,24H,5-11,15-17H2,1-4H3,(H,38,39,40,41)/t19-,20-,24+/m1/s1. The molecular weight excluding hydrogens is 674 g/mol. The zero-order valence-electron chi connectivity index (χ0n) is 27.3. The topological polar surface area (TPSA) is 96.0 Å². The Morgan fingerprint density at radius 3 is 2.58 bits per heavy atom. The minimum absolute atomic E-state index is 0.0598. The third-order valence-electron chi connectivity index (χ3n) is 8.82. The normalized spacial score (nSPS) is 20.8. The van der Waals surface area contributed by atoms with Gasteiger partial charge in [0.1, 0.15) is 6.33 Å². The number of benzene rings is 1. The Morgan fingerprint density at radius 1 is 1.15 bits per heavy atom. The molecule has 2 aromatic heterocycles. The van der Waals surface area contributed by atoms with Crippen LogP contribution in [0.25, 0.3) is 11.3 Å². The van der Waals surface area contributed by atoms with E-state index in [9.17, 15) is 18.0 Å². The molecule has 48 heavy (non-hydrogen) atoms. The maximum Gasteiger partial charge on any atom is 0.416 e. The van der Waals surface area contributed by atoms with Crippen LogP contribution in [0.1, 0.15) is 50.5 Å². The maximum atomic E-state index is 16.1. The minimum atomic E-state index is -4.59. The number of alkyl halides is 3. The number of rotatable bonds is 12. The van der Waals surface area contributed by atoms with Gasteiger partial charge in [-0.25, -0.2) is 15.0 Å². The molecule has 262 valence electrons. The van der Waals surface area contributed by atoms with Crippen LogP contribution >= 0.6 is 22.9 Å². The lowest BCUT2D eigenvalue weighted by molar-refractivity contribution is -0.143. The summed E-state index contributed by atoms with van der Waals surface area (Å²) >= 11 is 7.39. The van der Waals surface area contributed by atoms with E-state index in [2.05, 4.69) is 43.9 Å². The molecule has 0 bridgehead atoms. The van der Waals surface area contributed by atoms with Gasteiger partial charge in [0, 0.05) is 67.4 Å². The first-order chi connectivity index (χ1) is 22.9. The molecule has 3 atom stereocenters. The summed E-state index contributed by atoms with van der Waals surface area (Å²) in [5.41, 5.74) is -0.305. The van der Waals surface area contributed by atoms with E-state index in [4.69, 9.17) is 21.1 Å². The molecule has 0 radical (unpaired) electrons. The van der Waals surface area contributed by atoms with Crippen LogP contribution in [0.2, 0.25) is 5.02 Å². The van der Waals surface area contributed by atoms with Crippen LogP contribution in [0, 0.1) is 5.82 Å². The average molecular weight is 714 g/mol. The smallest absolute Gasteiger partial charge is 0.416 e. The molecule has 0 aliphatic carbocycles. The van der Waals surface area contributed by atoms with Crippen molar-refractivity contribution in [3.63, 3.8) is 0 Å². The first kappa shape index (κ1) is 36.2. The SMILES string of the molecule is CCOC(=O)CCN1CCN(c2ncnc(Nc3nc(-c4cc(Cl)cc(C(F)(F)F)c4)c(CN4[C@H](C)CC[C@H]4C)s3)c2F)C[C@H]1COC. The number of carbonyl (C=O) groups is 1. The molecule has 2 aliphatic rings. The monoisotopic (exact) mass is 713 g/mol. The van der Waals surface area contributed by atoms with Gasteiger partial charge >= 0.3 is 12.1 Å². The lowest BCUT2D eigenvalue weighted by Gasteiger charge is -2.41. The second-order valence-electron chi connectivity index (χ2n) is 12.1. The van der Waals surface area contributed by atoms with E-state index in [1.165, 1.54) is 23.7 Å². The highest BCUT2D eigenvalue weighted by atomic mass is 35.5. The summed E-state index contributed by atoms with van der Waals surface area (Å²) in [4.78, 5) is 31.9. The number of nitrogens with one attached hydrogen (secondary N) is 1. The van der Waals surface area contributed by atoms with Gasteiger partial charge in [0.25, 0.3) is 0 Å². The van der Waals surface area contributed by atoms with Gasteiger partial charge in [-0.05, 0) is 51.8 Å². The van der Waals surface area contributed by atoms with Crippen molar-refractivity contribution in [2.24, 2.45) is 0 Å². The van der Waals surface area contributed by atoms with Gasteiger partial charge in [0.2, 0.25) is 5.82 Å². The molecule has 10 nitrogen and oxygen atoms in total. The molecule has 0 amide bonds. The fourth-order valence-electron chi connectivity index (χ4n) is 6.32. The highest BCUT2D eigenvalue weighted by Crippen LogP contribution is 2.40. The number of carbonyl (C=O) groups excluding carboxylic acids is 1. The Morgan fingerprint density at radius 2 is 1.90 bits per heavy atom. The van der Waals surface area contributed by atoms with Crippen LogP contribution < -0.4 is 10.2 Å². The second kappa shape index (κ2) is 15.6. The number of hydrogen-bond acceptors (Lipinski definition) is 11. The van der Waals surface area contributed by atoms with Crippen molar-refractivity contribution < 1.29 is 31.8 Å². The predicted molar refractivity (Wildman–Crippen MR) is 177 cm³/mol. The molecule has 0 saturated carbocycles. The van der Waals surface area contributed by atoms with Crippen molar-refractivity contribution in [1.82, 2.24) is 24.8 Å². The number of anilines is 3. The summed E-state index contributed by atoms with van der Waals surface area (Å²) in [5.74, 6) is -0.969. The number of likely N-dealkylation sites (tertiary alicyclic amines) is 1. The summed E-state index contributed by atoms with van der Waals surface area (Å²) < 4.78 is 67.7. The van der Waals surface area contributed by atoms with Crippen molar-refractivity contribution in [1.29, 1.82) is 0 Å². The van der Waals surface area contributed by atoms with E-state index >= 15 is 4.39 Å². The van der Waals surface area contributed by atoms with Crippen molar-refractivity contribution >= 4 is 45.7 Å². The predicted octanol–water partition coefficient (Wildman–Crippen LogP) is 6.62. The number of thiazole rings is 1. The fraction of sp³-hybridized carbons (Fsp3) is 0.562. The Balaban J connectivity index is 1.41. The Bertz CT molecular complexity index is 1570. The van der Waals surface area contributed by atoms with Crippen LogP contribution in [0.5, 0.6) is 0 Å². The molecule has 2 saturated heterocycles. The first-order valence-corrected chi connectivity index (χ1v) is 17.1.